The van der Waals surface area contributed by atoms with Crippen molar-refractivity contribution < 1.29 is 0 Å². The van der Waals surface area contributed by atoms with Gasteiger partial charge in [0.1, 0.15) is 0 Å². The Morgan fingerprint density at radius 1 is 1.21 bits per heavy atom. The summed E-state index contributed by atoms with van der Waals surface area (Å²) in [6.45, 7) is 9.21. The average Bonchev–Trinajstić information content (AvgIpc) is 2.44. The van der Waals surface area contributed by atoms with E-state index in [0.717, 1.165) is 18.6 Å². The molecule has 0 amide bonds. The quantitative estimate of drug-likeness (QED) is 0.895. The van der Waals surface area contributed by atoms with E-state index >= 15 is 0 Å². The molecule has 0 radical (unpaired) electrons. The van der Waals surface area contributed by atoms with E-state index in [1.54, 1.807) is 0 Å². The minimum atomic E-state index is 0.111. The summed E-state index contributed by atoms with van der Waals surface area (Å²) in [4.78, 5) is 6.81. The summed E-state index contributed by atoms with van der Waals surface area (Å²) in [7, 11) is 0. The molecular formula is C16H23N3. The predicted molar refractivity (Wildman–Crippen MR) is 82.5 cm³/mol. The van der Waals surface area contributed by atoms with E-state index in [1.807, 2.05) is 12.3 Å². The molecular weight excluding hydrogens is 234 g/mol. The Labute approximate surface area is 115 Å². The fraction of sp³-hybridized carbons (Fsp3) is 0.438. The molecule has 0 atom stereocenters. The van der Waals surface area contributed by atoms with Gasteiger partial charge in [-0.15, -0.1) is 0 Å². The number of pyridine rings is 1. The van der Waals surface area contributed by atoms with E-state index in [9.17, 15) is 0 Å². The Kier molecular flexibility index (Phi) is 4.05. The molecule has 0 saturated heterocycles. The minimum absolute atomic E-state index is 0.111. The zero-order valence-electron chi connectivity index (χ0n) is 12.1. The molecule has 0 aliphatic rings. The maximum Gasteiger partial charge on any atom is 0.0722 e. The van der Waals surface area contributed by atoms with Gasteiger partial charge in [-0.2, -0.15) is 0 Å². The molecule has 2 N–H and O–H groups in total. The van der Waals surface area contributed by atoms with Crippen molar-refractivity contribution in [2.45, 2.75) is 20.8 Å². The second-order valence-corrected chi connectivity index (χ2v) is 5.73. The third-order valence-corrected chi connectivity index (χ3v) is 3.52. The van der Waals surface area contributed by atoms with Crippen LogP contribution in [0.4, 0.5) is 5.69 Å². The molecule has 0 saturated carbocycles. The largest absolute Gasteiger partial charge is 0.371 e. The van der Waals surface area contributed by atoms with Crippen LogP contribution in [0.15, 0.2) is 36.5 Å². The fourth-order valence-electron chi connectivity index (χ4n) is 2.31. The Morgan fingerprint density at radius 3 is 2.63 bits per heavy atom. The molecule has 3 nitrogen and oxygen atoms in total. The van der Waals surface area contributed by atoms with Crippen molar-refractivity contribution in [3.8, 4) is 0 Å². The van der Waals surface area contributed by atoms with Gasteiger partial charge >= 0.3 is 0 Å². The number of anilines is 1. The third kappa shape index (κ3) is 3.04. The van der Waals surface area contributed by atoms with Crippen molar-refractivity contribution in [2.75, 3.05) is 24.5 Å². The van der Waals surface area contributed by atoms with Crippen LogP contribution in [0, 0.1) is 5.41 Å². The molecule has 3 heteroatoms. The second kappa shape index (κ2) is 5.57. The number of benzene rings is 1. The number of para-hydroxylation sites is 1. The monoisotopic (exact) mass is 257 g/mol. The molecule has 0 bridgehead atoms. The lowest BCUT2D eigenvalue weighted by Crippen LogP contribution is -2.38. The van der Waals surface area contributed by atoms with Crippen LogP contribution < -0.4 is 10.6 Å². The molecule has 0 unspecified atom stereocenters. The van der Waals surface area contributed by atoms with Gasteiger partial charge in [-0.3, -0.25) is 4.98 Å². The molecule has 1 aromatic carbocycles. The van der Waals surface area contributed by atoms with Crippen molar-refractivity contribution in [3.63, 3.8) is 0 Å². The number of rotatable bonds is 5. The first kappa shape index (κ1) is 13.8. The standard InChI is InChI=1S/C16H23N3/c1-4-19(12-16(2,3)11-17)15-9-10-18-14-8-6-5-7-13(14)15/h5-10H,4,11-12,17H2,1-3H3. The highest BCUT2D eigenvalue weighted by Crippen LogP contribution is 2.27. The summed E-state index contributed by atoms with van der Waals surface area (Å²) < 4.78 is 0. The molecule has 19 heavy (non-hydrogen) atoms. The summed E-state index contributed by atoms with van der Waals surface area (Å²) in [5.41, 5.74) is 8.26. The van der Waals surface area contributed by atoms with Crippen LogP contribution >= 0.6 is 0 Å². The zero-order chi connectivity index (χ0) is 13.9. The van der Waals surface area contributed by atoms with Gasteiger partial charge in [-0.05, 0) is 31.0 Å². The van der Waals surface area contributed by atoms with Gasteiger partial charge in [0, 0.05) is 30.4 Å². The van der Waals surface area contributed by atoms with E-state index in [4.69, 9.17) is 5.73 Å². The first-order valence-corrected chi connectivity index (χ1v) is 6.86. The first-order valence-electron chi connectivity index (χ1n) is 6.86. The SMILES string of the molecule is CCN(CC(C)(C)CN)c1ccnc2ccccc12. The zero-order valence-corrected chi connectivity index (χ0v) is 12.1. The van der Waals surface area contributed by atoms with Crippen LogP contribution in [0.5, 0.6) is 0 Å². The minimum Gasteiger partial charge on any atom is -0.371 e. The highest BCUT2D eigenvalue weighted by atomic mass is 15.1. The molecule has 0 spiro atoms. The Hall–Kier alpha value is -1.61. The Bertz CT molecular complexity index is 543. The second-order valence-electron chi connectivity index (χ2n) is 5.73. The molecule has 2 rings (SSSR count). The van der Waals surface area contributed by atoms with E-state index in [2.05, 4.69) is 54.9 Å². The summed E-state index contributed by atoms with van der Waals surface area (Å²) >= 11 is 0. The highest BCUT2D eigenvalue weighted by molar-refractivity contribution is 5.91. The van der Waals surface area contributed by atoms with Gasteiger partial charge in [0.05, 0.1) is 5.52 Å². The van der Waals surface area contributed by atoms with Crippen molar-refractivity contribution in [2.24, 2.45) is 11.1 Å². The Balaban J connectivity index is 2.41. The molecule has 2 aromatic rings. The maximum atomic E-state index is 5.86. The number of hydrogen-bond acceptors (Lipinski definition) is 3. The summed E-state index contributed by atoms with van der Waals surface area (Å²) in [6, 6.07) is 10.4. The first-order chi connectivity index (χ1) is 9.07. The van der Waals surface area contributed by atoms with Crippen molar-refractivity contribution in [1.82, 2.24) is 4.98 Å². The smallest absolute Gasteiger partial charge is 0.0722 e. The van der Waals surface area contributed by atoms with Crippen molar-refractivity contribution in [1.29, 1.82) is 0 Å². The van der Waals surface area contributed by atoms with Gasteiger partial charge < -0.3 is 10.6 Å². The van der Waals surface area contributed by atoms with Crippen LogP contribution in [0.25, 0.3) is 10.9 Å². The fourth-order valence-corrected chi connectivity index (χ4v) is 2.31. The number of hydrogen-bond donors (Lipinski definition) is 1. The normalized spacial score (nSPS) is 11.8. The Morgan fingerprint density at radius 2 is 1.95 bits per heavy atom. The lowest BCUT2D eigenvalue weighted by atomic mass is 9.92. The van der Waals surface area contributed by atoms with Crippen LogP contribution in [-0.2, 0) is 0 Å². The lowest BCUT2D eigenvalue weighted by molar-refractivity contribution is 0.380. The molecule has 0 aliphatic heterocycles. The third-order valence-electron chi connectivity index (χ3n) is 3.52. The predicted octanol–water partition coefficient (Wildman–Crippen LogP) is 3.05. The van der Waals surface area contributed by atoms with E-state index < -0.39 is 0 Å². The topological polar surface area (TPSA) is 42.1 Å². The van der Waals surface area contributed by atoms with Crippen molar-refractivity contribution >= 4 is 16.6 Å². The van der Waals surface area contributed by atoms with Gasteiger partial charge in [0.2, 0.25) is 0 Å². The van der Waals surface area contributed by atoms with E-state index in [-0.39, 0.29) is 5.41 Å². The molecule has 1 aromatic heterocycles. The molecule has 0 fully saturated rings. The molecule has 1 heterocycles. The number of aromatic nitrogens is 1. The molecule has 0 aliphatic carbocycles. The number of nitrogens with zero attached hydrogens (tertiary/aromatic N) is 2. The number of fused-ring (bicyclic) bond motifs is 1. The van der Waals surface area contributed by atoms with Gasteiger partial charge in [0.25, 0.3) is 0 Å². The molecule has 102 valence electrons. The summed E-state index contributed by atoms with van der Waals surface area (Å²) in [5, 5.41) is 1.21. The summed E-state index contributed by atoms with van der Waals surface area (Å²) in [5.74, 6) is 0. The summed E-state index contributed by atoms with van der Waals surface area (Å²) in [6.07, 6.45) is 1.88. The van der Waals surface area contributed by atoms with Gasteiger partial charge in [-0.25, -0.2) is 0 Å². The van der Waals surface area contributed by atoms with Crippen LogP contribution in [0.2, 0.25) is 0 Å². The van der Waals surface area contributed by atoms with E-state index in [0.29, 0.717) is 6.54 Å². The van der Waals surface area contributed by atoms with Gasteiger partial charge in [0.15, 0.2) is 0 Å². The maximum absolute atomic E-state index is 5.86. The van der Waals surface area contributed by atoms with E-state index in [1.165, 1.54) is 11.1 Å². The highest BCUT2D eigenvalue weighted by Gasteiger charge is 2.20. The van der Waals surface area contributed by atoms with Crippen molar-refractivity contribution in [3.05, 3.63) is 36.5 Å². The van der Waals surface area contributed by atoms with Crippen LogP contribution in [0.1, 0.15) is 20.8 Å². The van der Waals surface area contributed by atoms with Crippen LogP contribution in [-0.4, -0.2) is 24.6 Å². The number of nitrogens with two attached hydrogens (primary N) is 1. The average molecular weight is 257 g/mol. The van der Waals surface area contributed by atoms with Crippen LogP contribution in [0.3, 0.4) is 0 Å². The van der Waals surface area contributed by atoms with Gasteiger partial charge in [-0.1, -0.05) is 32.0 Å². The lowest BCUT2D eigenvalue weighted by Gasteiger charge is -2.33.